The van der Waals surface area contributed by atoms with Gasteiger partial charge in [0.05, 0.1) is 5.54 Å². The summed E-state index contributed by atoms with van der Waals surface area (Å²) >= 11 is 0. The van der Waals surface area contributed by atoms with Crippen LogP contribution < -0.4 is 5.73 Å². The van der Waals surface area contributed by atoms with Crippen molar-refractivity contribution in [2.75, 3.05) is 13.1 Å². The monoisotopic (exact) mass is 270 g/mol. The van der Waals surface area contributed by atoms with E-state index in [4.69, 9.17) is 5.73 Å². The van der Waals surface area contributed by atoms with E-state index in [2.05, 4.69) is 13.8 Å². The zero-order valence-corrected chi connectivity index (χ0v) is 13.5. The fourth-order valence-electron chi connectivity index (χ4n) is 2.29. The molecule has 19 heavy (non-hydrogen) atoms. The third-order valence-electron chi connectivity index (χ3n) is 4.04. The van der Waals surface area contributed by atoms with Crippen molar-refractivity contribution < 1.29 is 4.79 Å². The zero-order chi connectivity index (χ0) is 14.7. The first-order chi connectivity index (χ1) is 9.05. The quantitative estimate of drug-likeness (QED) is 0.582. The molecule has 0 aliphatic carbocycles. The van der Waals surface area contributed by atoms with Crippen LogP contribution in [0.2, 0.25) is 0 Å². The highest BCUT2D eigenvalue weighted by atomic mass is 16.2. The molecule has 1 amide bonds. The number of nitrogens with zero attached hydrogens (tertiary/aromatic N) is 1. The molecule has 0 aliphatic heterocycles. The number of carbonyl (C=O) groups is 1. The molecule has 0 spiro atoms. The first-order valence-corrected chi connectivity index (χ1v) is 8.13. The fraction of sp³-hybridized carbons (Fsp3) is 0.938. The maximum absolute atomic E-state index is 12.6. The van der Waals surface area contributed by atoms with Crippen LogP contribution in [0.25, 0.3) is 0 Å². The van der Waals surface area contributed by atoms with Gasteiger partial charge in [0.2, 0.25) is 5.91 Å². The Bertz CT molecular complexity index is 227. The Morgan fingerprint density at radius 2 is 1.32 bits per heavy atom. The molecular formula is C16H34N2O. The molecular weight excluding hydrogens is 236 g/mol. The van der Waals surface area contributed by atoms with E-state index in [0.717, 1.165) is 38.8 Å². The number of rotatable bonds is 11. The van der Waals surface area contributed by atoms with Gasteiger partial charge in [-0.15, -0.1) is 0 Å². The number of carbonyl (C=O) groups excluding carboxylic acids is 1. The van der Waals surface area contributed by atoms with Crippen LogP contribution in [0.4, 0.5) is 0 Å². The van der Waals surface area contributed by atoms with Crippen LogP contribution in [-0.4, -0.2) is 29.4 Å². The molecule has 0 aliphatic rings. The highest BCUT2D eigenvalue weighted by Crippen LogP contribution is 2.17. The van der Waals surface area contributed by atoms with Crippen LogP contribution in [0.15, 0.2) is 0 Å². The van der Waals surface area contributed by atoms with Gasteiger partial charge in [0.25, 0.3) is 0 Å². The van der Waals surface area contributed by atoms with Crippen LogP contribution in [0.5, 0.6) is 0 Å². The van der Waals surface area contributed by atoms with Crippen molar-refractivity contribution in [3.8, 4) is 0 Å². The maximum atomic E-state index is 12.6. The lowest BCUT2D eigenvalue weighted by atomic mass is 9.92. The largest absolute Gasteiger partial charge is 0.341 e. The van der Waals surface area contributed by atoms with Gasteiger partial charge in [-0.2, -0.15) is 0 Å². The van der Waals surface area contributed by atoms with Crippen molar-refractivity contribution in [2.45, 2.75) is 84.6 Å². The van der Waals surface area contributed by atoms with Gasteiger partial charge in [-0.05, 0) is 25.7 Å². The second-order valence-corrected chi connectivity index (χ2v) is 5.57. The molecule has 3 nitrogen and oxygen atoms in total. The Kier molecular flexibility index (Phi) is 9.94. The van der Waals surface area contributed by atoms with Crippen LogP contribution in [0.3, 0.4) is 0 Å². The number of hydrogen-bond acceptors (Lipinski definition) is 2. The normalized spacial score (nSPS) is 11.6. The highest BCUT2D eigenvalue weighted by molar-refractivity contribution is 5.86. The minimum absolute atomic E-state index is 0.157. The average molecular weight is 270 g/mol. The zero-order valence-electron chi connectivity index (χ0n) is 13.5. The van der Waals surface area contributed by atoms with Gasteiger partial charge in [-0.1, -0.05) is 53.4 Å². The molecule has 0 bridgehead atoms. The molecule has 0 rings (SSSR count). The molecule has 0 radical (unpaired) electrons. The summed E-state index contributed by atoms with van der Waals surface area (Å²) in [4.78, 5) is 14.6. The third kappa shape index (κ3) is 6.42. The second kappa shape index (κ2) is 10.2. The Balaban J connectivity index is 4.55. The number of nitrogens with two attached hydrogens (primary N) is 1. The van der Waals surface area contributed by atoms with E-state index in [9.17, 15) is 4.79 Å². The number of amides is 1. The molecule has 0 aromatic heterocycles. The summed E-state index contributed by atoms with van der Waals surface area (Å²) in [5, 5.41) is 0. The van der Waals surface area contributed by atoms with Gasteiger partial charge in [0, 0.05) is 13.1 Å². The lowest BCUT2D eigenvalue weighted by molar-refractivity contribution is -0.137. The van der Waals surface area contributed by atoms with E-state index in [1.807, 2.05) is 18.7 Å². The summed E-state index contributed by atoms with van der Waals surface area (Å²) in [5.74, 6) is 0.157. The number of hydrogen-bond donors (Lipinski definition) is 1. The van der Waals surface area contributed by atoms with Crippen LogP contribution in [0.1, 0.15) is 79.1 Å². The summed E-state index contributed by atoms with van der Waals surface area (Å²) < 4.78 is 0. The molecule has 0 atom stereocenters. The Morgan fingerprint density at radius 3 is 1.63 bits per heavy atom. The molecule has 0 heterocycles. The molecule has 0 fully saturated rings. The van der Waals surface area contributed by atoms with Crippen molar-refractivity contribution >= 4 is 5.91 Å². The van der Waals surface area contributed by atoms with E-state index in [-0.39, 0.29) is 5.91 Å². The van der Waals surface area contributed by atoms with Crippen molar-refractivity contribution in [1.82, 2.24) is 4.90 Å². The van der Waals surface area contributed by atoms with Crippen LogP contribution in [0, 0.1) is 0 Å². The molecule has 0 unspecified atom stereocenters. The first kappa shape index (κ1) is 18.4. The predicted molar refractivity (Wildman–Crippen MR) is 83.1 cm³/mol. The summed E-state index contributed by atoms with van der Waals surface area (Å²) in [7, 11) is 0. The highest BCUT2D eigenvalue weighted by Gasteiger charge is 2.33. The van der Waals surface area contributed by atoms with E-state index in [1.165, 1.54) is 25.7 Å². The standard InChI is InChI=1S/C16H34N2O/c1-5-9-11-13-18(14-12-10-6-2)15(19)16(17,7-3)8-4/h5-14,17H2,1-4H3. The predicted octanol–water partition coefficient (Wildman–Crippen LogP) is 3.71. The van der Waals surface area contributed by atoms with Crippen molar-refractivity contribution in [1.29, 1.82) is 0 Å². The minimum atomic E-state index is -0.654. The summed E-state index contributed by atoms with van der Waals surface area (Å²) in [6, 6.07) is 0. The molecule has 0 aromatic carbocycles. The van der Waals surface area contributed by atoms with Crippen molar-refractivity contribution in [3.05, 3.63) is 0 Å². The van der Waals surface area contributed by atoms with E-state index < -0.39 is 5.54 Å². The van der Waals surface area contributed by atoms with Crippen LogP contribution >= 0.6 is 0 Å². The SMILES string of the molecule is CCCCCN(CCCCC)C(=O)C(N)(CC)CC. The van der Waals surface area contributed by atoms with Gasteiger partial charge in [0.1, 0.15) is 0 Å². The van der Waals surface area contributed by atoms with Gasteiger partial charge in [-0.25, -0.2) is 0 Å². The third-order valence-corrected chi connectivity index (χ3v) is 4.04. The molecule has 0 saturated heterocycles. The van der Waals surface area contributed by atoms with Crippen LogP contribution in [-0.2, 0) is 4.79 Å². The molecule has 114 valence electrons. The van der Waals surface area contributed by atoms with E-state index in [0.29, 0.717) is 0 Å². The average Bonchev–Trinajstić information content (AvgIpc) is 2.44. The second-order valence-electron chi connectivity index (χ2n) is 5.57. The minimum Gasteiger partial charge on any atom is -0.341 e. The molecule has 3 heteroatoms. The Hall–Kier alpha value is -0.570. The molecule has 0 aromatic rings. The summed E-state index contributed by atoms with van der Waals surface area (Å²) in [5.41, 5.74) is 5.60. The molecule has 2 N–H and O–H groups in total. The van der Waals surface area contributed by atoms with Gasteiger partial charge < -0.3 is 10.6 Å². The van der Waals surface area contributed by atoms with Crippen molar-refractivity contribution in [2.24, 2.45) is 5.73 Å². The van der Waals surface area contributed by atoms with Gasteiger partial charge >= 0.3 is 0 Å². The Morgan fingerprint density at radius 1 is 0.895 bits per heavy atom. The molecule has 0 saturated carbocycles. The van der Waals surface area contributed by atoms with Crippen molar-refractivity contribution in [3.63, 3.8) is 0 Å². The lowest BCUT2D eigenvalue weighted by Gasteiger charge is -2.33. The number of unbranched alkanes of at least 4 members (excludes halogenated alkanes) is 4. The smallest absolute Gasteiger partial charge is 0.242 e. The lowest BCUT2D eigenvalue weighted by Crippen LogP contribution is -2.55. The Labute approximate surface area is 119 Å². The first-order valence-electron chi connectivity index (χ1n) is 8.13. The fourth-order valence-corrected chi connectivity index (χ4v) is 2.29. The maximum Gasteiger partial charge on any atom is 0.242 e. The summed E-state index contributed by atoms with van der Waals surface area (Å²) in [6.45, 7) is 10.1. The van der Waals surface area contributed by atoms with E-state index in [1.54, 1.807) is 0 Å². The van der Waals surface area contributed by atoms with E-state index >= 15 is 0 Å². The van der Waals surface area contributed by atoms with Gasteiger partial charge in [-0.3, -0.25) is 4.79 Å². The topological polar surface area (TPSA) is 46.3 Å². The van der Waals surface area contributed by atoms with Gasteiger partial charge in [0.15, 0.2) is 0 Å². The summed E-state index contributed by atoms with van der Waals surface area (Å²) in [6.07, 6.45) is 8.38.